The van der Waals surface area contributed by atoms with Gasteiger partial charge in [-0.15, -0.1) is 24.4 Å². The number of aryl methyl sites for hydroxylation is 1. The Hall–Kier alpha value is -0.870. The summed E-state index contributed by atoms with van der Waals surface area (Å²) in [5.41, 5.74) is 2.85. The van der Waals surface area contributed by atoms with E-state index in [1.807, 2.05) is 39.1 Å². The standard InChI is InChI=1S/C13H17NOS2/c1-9-6-12(5-4-11(9)7-15)17-8-13(16)10(2)14-3/h4-7,14,16H,8H2,1-3H3/b13-10-. The van der Waals surface area contributed by atoms with Crippen LogP contribution >= 0.6 is 24.4 Å². The van der Waals surface area contributed by atoms with Crippen molar-refractivity contribution in [1.82, 2.24) is 5.32 Å². The Bertz CT molecular complexity index is 441. The number of hydrogen-bond donors (Lipinski definition) is 2. The lowest BCUT2D eigenvalue weighted by atomic mass is 10.1. The monoisotopic (exact) mass is 267 g/mol. The van der Waals surface area contributed by atoms with Gasteiger partial charge in [0.15, 0.2) is 0 Å². The lowest BCUT2D eigenvalue weighted by molar-refractivity contribution is 0.112. The molecule has 4 heteroatoms. The molecule has 0 radical (unpaired) electrons. The molecular formula is C13H17NOS2. The van der Waals surface area contributed by atoms with Crippen molar-refractivity contribution in [1.29, 1.82) is 0 Å². The molecule has 0 saturated carbocycles. The Balaban J connectivity index is 2.71. The van der Waals surface area contributed by atoms with Crippen molar-refractivity contribution < 1.29 is 4.79 Å². The molecule has 0 fully saturated rings. The number of benzene rings is 1. The highest BCUT2D eigenvalue weighted by molar-refractivity contribution is 8.00. The summed E-state index contributed by atoms with van der Waals surface area (Å²) < 4.78 is 0. The minimum atomic E-state index is 0.752. The summed E-state index contributed by atoms with van der Waals surface area (Å²) in [7, 11) is 1.89. The Morgan fingerprint density at radius 2 is 2.24 bits per heavy atom. The van der Waals surface area contributed by atoms with Gasteiger partial charge in [-0.2, -0.15) is 0 Å². The molecule has 1 aromatic carbocycles. The number of carbonyl (C=O) groups is 1. The first-order chi connectivity index (χ1) is 8.08. The van der Waals surface area contributed by atoms with E-state index in [-0.39, 0.29) is 0 Å². The maximum atomic E-state index is 10.7. The highest BCUT2D eigenvalue weighted by atomic mass is 32.2. The van der Waals surface area contributed by atoms with Crippen molar-refractivity contribution >= 4 is 30.7 Å². The van der Waals surface area contributed by atoms with E-state index >= 15 is 0 Å². The third kappa shape index (κ3) is 4.13. The summed E-state index contributed by atoms with van der Waals surface area (Å²) in [4.78, 5) is 12.9. The summed E-state index contributed by atoms with van der Waals surface area (Å²) in [6.07, 6.45) is 0.888. The second-order valence-corrected chi connectivity index (χ2v) is 5.34. The fourth-order valence-electron chi connectivity index (χ4n) is 1.27. The fourth-order valence-corrected chi connectivity index (χ4v) is 2.52. The zero-order valence-corrected chi connectivity index (χ0v) is 12.0. The van der Waals surface area contributed by atoms with Crippen LogP contribution in [0.25, 0.3) is 0 Å². The van der Waals surface area contributed by atoms with Crippen molar-refractivity contribution in [3.63, 3.8) is 0 Å². The summed E-state index contributed by atoms with van der Waals surface area (Å²) in [5.74, 6) is 0.829. The van der Waals surface area contributed by atoms with Crippen molar-refractivity contribution in [2.75, 3.05) is 12.8 Å². The van der Waals surface area contributed by atoms with E-state index in [1.54, 1.807) is 11.8 Å². The minimum Gasteiger partial charge on any atom is -0.391 e. The van der Waals surface area contributed by atoms with E-state index in [0.717, 1.165) is 38.7 Å². The van der Waals surface area contributed by atoms with Gasteiger partial charge < -0.3 is 5.32 Å². The highest BCUT2D eigenvalue weighted by Gasteiger charge is 2.02. The van der Waals surface area contributed by atoms with Gasteiger partial charge in [-0.05, 0) is 31.5 Å². The molecule has 1 aromatic rings. The van der Waals surface area contributed by atoms with Crippen LogP contribution in [0.15, 0.2) is 33.7 Å². The van der Waals surface area contributed by atoms with Crippen LogP contribution in [-0.4, -0.2) is 19.1 Å². The first-order valence-corrected chi connectivity index (χ1v) is 6.77. The van der Waals surface area contributed by atoms with Gasteiger partial charge >= 0.3 is 0 Å². The second kappa shape index (κ2) is 6.77. The van der Waals surface area contributed by atoms with Crippen molar-refractivity contribution in [3.8, 4) is 0 Å². The number of allylic oxidation sites excluding steroid dienone is 1. The molecule has 0 atom stereocenters. The van der Waals surface area contributed by atoms with E-state index in [0.29, 0.717) is 0 Å². The van der Waals surface area contributed by atoms with Crippen LogP contribution in [-0.2, 0) is 0 Å². The van der Waals surface area contributed by atoms with Crippen LogP contribution in [0.4, 0.5) is 0 Å². The summed E-state index contributed by atoms with van der Waals surface area (Å²) in [5, 5.41) is 3.07. The number of hydrogen-bond acceptors (Lipinski definition) is 4. The molecule has 0 aliphatic heterocycles. The van der Waals surface area contributed by atoms with Crippen LogP contribution in [0.1, 0.15) is 22.8 Å². The zero-order valence-electron chi connectivity index (χ0n) is 10.3. The molecule has 1 N–H and O–H groups in total. The largest absolute Gasteiger partial charge is 0.391 e. The fraction of sp³-hybridized carbons (Fsp3) is 0.308. The second-order valence-electron chi connectivity index (χ2n) is 3.75. The molecule has 0 aliphatic rings. The van der Waals surface area contributed by atoms with E-state index in [4.69, 9.17) is 0 Å². The summed E-state index contributed by atoms with van der Waals surface area (Å²) in [6, 6.07) is 5.86. The Kier molecular flexibility index (Phi) is 5.65. The van der Waals surface area contributed by atoms with Crippen LogP contribution < -0.4 is 5.32 Å². The SMILES string of the molecule is CN/C(C)=C(\S)CSc1ccc(C=O)c(C)c1. The Morgan fingerprint density at radius 3 is 2.76 bits per heavy atom. The summed E-state index contributed by atoms with van der Waals surface area (Å²) >= 11 is 6.16. The quantitative estimate of drug-likeness (QED) is 0.487. The van der Waals surface area contributed by atoms with E-state index in [9.17, 15) is 4.79 Å². The predicted molar refractivity (Wildman–Crippen MR) is 78.0 cm³/mol. The van der Waals surface area contributed by atoms with Gasteiger partial charge in [0.2, 0.25) is 0 Å². The Labute approximate surface area is 112 Å². The van der Waals surface area contributed by atoms with Gasteiger partial charge in [-0.1, -0.05) is 6.07 Å². The maximum Gasteiger partial charge on any atom is 0.150 e. The topological polar surface area (TPSA) is 29.1 Å². The molecule has 0 aromatic heterocycles. The van der Waals surface area contributed by atoms with Crippen molar-refractivity contribution in [3.05, 3.63) is 39.9 Å². The number of thiol groups is 1. The average molecular weight is 267 g/mol. The lowest BCUT2D eigenvalue weighted by Crippen LogP contribution is -2.04. The lowest BCUT2D eigenvalue weighted by Gasteiger charge is -2.07. The normalized spacial score (nSPS) is 12.0. The molecule has 0 unspecified atom stereocenters. The molecule has 0 heterocycles. The predicted octanol–water partition coefficient (Wildman–Crippen LogP) is 3.28. The molecule has 92 valence electrons. The molecule has 0 aliphatic carbocycles. The molecule has 0 bridgehead atoms. The van der Waals surface area contributed by atoms with E-state index in [1.165, 1.54) is 0 Å². The summed E-state index contributed by atoms with van der Waals surface area (Å²) in [6.45, 7) is 3.95. The van der Waals surface area contributed by atoms with Gasteiger partial charge in [0.1, 0.15) is 6.29 Å². The van der Waals surface area contributed by atoms with E-state index in [2.05, 4.69) is 17.9 Å². The first kappa shape index (κ1) is 14.2. The smallest absolute Gasteiger partial charge is 0.150 e. The molecular weight excluding hydrogens is 250 g/mol. The van der Waals surface area contributed by atoms with Gasteiger partial charge in [-0.25, -0.2) is 0 Å². The third-order valence-electron chi connectivity index (χ3n) is 2.55. The van der Waals surface area contributed by atoms with Crippen LogP contribution in [0.5, 0.6) is 0 Å². The highest BCUT2D eigenvalue weighted by Crippen LogP contribution is 2.24. The van der Waals surface area contributed by atoms with Gasteiger partial charge in [0.05, 0.1) is 0 Å². The third-order valence-corrected chi connectivity index (χ3v) is 4.28. The molecule has 1 rings (SSSR count). The van der Waals surface area contributed by atoms with Gasteiger partial charge in [0, 0.05) is 33.9 Å². The first-order valence-electron chi connectivity index (χ1n) is 5.33. The molecule has 0 amide bonds. The number of aldehydes is 1. The number of rotatable bonds is 5. The number of nitrogens with one attached hydrogen (secondary N) is 1. The van der Waals surface area contributed by atoms with Crippen LogP contribution in [0, 0.1) is 6.92 Å². The van der Waals surface area contributed by atoms with Crippen LogP contribution in [0.3, 0.4) is 0 Å². The average Bonchev–Trinajstić information content (AvgIpc) is 2.35. The maximum absolute atomic E-state index is 10.7. The Morgan fingerprint density at radius 1 is 1.53 bits per heavy atom. The van der Waals surface area contributed by atoms with Crippen molar-refractivity contribution in [2.24, 2.45) is 0 Å². The van der Waals surface area contributed by atoms with Gasteiger partial charge in [0.25, 0.3) is 0 Å². The van der Waals surface area contributed by atoms with Crippen LogP contribution in [0.2, 0.25) is 0 Å². The molecule has 0 spiro atoms. The molecule has 17 heavy (non-hydrogen) atoms. The molecule has 2 nitrogen and oxygen atoms in total. The molecule has 0 saturated heterocycles. The minimum absolute atomic E-state index is 0.752. The van der Waals surface area contributed by atoms with Gasteiger partial charge in [-0.3, -0.25) is 4.79 Å². The van der Waals surface area contributed by atoms with E-state index < -0.39 is 0 Å². The number of carbonyl (C=O) groups excluding carboxylic acids is 1. The van der Waals surface area contributed by atoms with Crippen molar-refractivity contribution in [2.45, 2.75) is 18.7 Å². The number of thioether (sulfide) groups is 1. The zero-order chi connectivity index (χ0) is 12.8.